The van der Waals surface area contributed by atoms with E-state index in [1.807, 2.05) is 18.2 Å². The summed E-state index contributed by atoms with van der Waals surface area (Å²) in [5.74, 6) is 0.862. The summed E-state index contributed by atoms with van der Waals surface area (Å²) in [6.07, 6.45) is -2.91. The molecule has 100 valence electrons. The average Bonchev–Trinajstić information content (AvgIpc) is 2.34. The molecule has 1 nitrogen and oxygen atoms in total. The SMILES string of the molecule is FC(F)(F)CCC(Br)c1ccc2c(c1)CCCO2. The molecule has 0 N–H and O–H groups in total. The minimum atomic E-state index is -4.09. The number of rotatable bonds is 3. The van der Waals surface area contributed by atoms with Gasteiger partial charge in [-0.25, -0.2) is 0 Å². The number of hydrogen-bond acceptors (Lipinski definition) is 1. The van der Waals surface area contributed by atoms with Crippen molar-refractivity contribution in [2.45, 2.75) is 36.7 Å². The van der Waals surface area contributed by atoms with Crippen molar-refractivity contribution in [3.63, 3.8) is 0 Å². The minimum Gasteiger partial charge on any atom is -0.493 e. The Morgan fingerprint density at radius 2 is 2.11 bits per heavy atom. The van der Waals surface area contributed by atoms with Crippen LogP contribution in [0.25, 0.3) is 0 Å². The standard InChI is InChI=1S/C13H14BrF3O/c14-11(5-6-13(15,16)17)9-3-4-12-10(8-9)2-1-7-18-12/h3-4,8,11H,1-2,5-7H2. The molecule has 1 unspecified atom stereocenters. The second kappa shape index (κ2) is 5.51. The van der Waals surface area contributed by atoms with E-state index < -0.39 is 12.6 Å². The monoisotopic (exact) mass is 322 g/mol. The van der Waals surface area contributed by atoms with E-state index in [-0.39, 0.29) is 11.2 Å². The van der Waals surface area contributed by atoms with Gasteiger partial charge in [-0.15, -0.1) is 0 Å². The zero-order valence-corrected chi connectivity index (χ0v) is 11.4. The van der Waals surface area contributed by atoms with Gasteiger partial charge in [0.05, 0.1) is 6.61 Å². The zero-order chi connectivity index (χ0) is 13.2. The third kappa shape index (κ3) is 3.64. The maximum Gasteiger partial charge on any atom is 0.389 e. The van der Waals surface area contributed by atoms with Crippen molar-refractivity contribution in [2.75, 3.05) is 6.61 Å². The molecule has 0 aliphatic carbocycles. The van der Waals surface area contributed by atoms with Gasteiger partial charge in [-0.1, -0.05) is 28.1 Å². The summed E-state index contributed by atoms with van der Waals surface area (Å²) in [5.41, 5.74) is 1.98. The van der Waals surface area contributed by atoms with Crippen molar-refractivity contribution in [2.24, 2.45) is 0 Å². The lowest BCUT2D eigenvalue weighted by atomic mass is 10.0. The molecule has 1 aliphatic rings. The Hall–Kier alpha value is -0.710. The van der Waals surface area contributed by atoms with Crippen molar-refractivity contribution in [3.8, 4) is 5.75 Å². The molecule has 5 heteroatoms. The van der Waals surface area contributed by atoms with Crippen LogP contribution in [0.1, 0.15) is 35.2 Å². The summed E-state index contributed by atoms with van der Waals surface area (Å²) < 4.78 is 42.0. The van der Waals surface area contributed by atoms with Crippen molar-refractivity contribution in [3.05, 3.63) is 29.3 Å². The highest BCUT2D eigenvalue weighted by Gasteiger charge is 2.28. The average molecular weight is 323 g/mol. The normalized spacial score (nSPS) is 16.9. The first-order valence-electron chi connectivity index (χ1n) is 5.92. The summed E-state index contributed by atoms with van der Waals surface area (Å²) in [6.45, 7) is 0.720. The van der Waals surface area contributed by atoms with Crippen molar-refractivity contribution >= 4 is 15.9 Å². The highest BCUT2D eigenvalue weighted by atomic mass is 79.9. The predicted octanol–water partition coefficient (Wildman–Crippen LogP) is 4.79. The second-order valence-electron chi connectivity index (χ2n) is 4.44. The van der Waals surface area contributed by atoms with E-state index in [9.17, 15) is 13.2 Å². The highest BCUT2D eigenvalue weighted by Crippen LogP contribution is 2.35. The first kappa shape index (κ1) is 13.7. The Morgan fingerprint density at radius 3 is 2.83 bits per heavy atom. The summed E-state index contributed by atoms with van der Waals surface area (Å²) in [4.78, 5) is -0.258. The maximum absolute atomic E-state index is 12.2. The molecule has 0 spiro atoms. The largest absolute Gasteiger partial charge is 0.493 e. The van der Waals surface area contributed by atoms with Gasteiger partial charge in [-0.05, 0) is 36.5 Å². The summed E-state index contributed by atoms with van der Waals surface area (Å²) >= 11 is 3.33. The molecule has 0 fully saturated rings. The second-order valence-corrected chi connectivity index (χ2v) is 5.55. The van der Waals surface area contributed by atoms with Crippen LogP contribution in [-0.4, -0.2) is 12.8 Å². The molecule has 18 heavy (non-hydrogen) atoms. The van der Waals surface area contributed by atoms with Crippen molar-refractivity contribution in [1.82, 2.24) is 0 Å². The lowest BCUT2D eigenvalue weighted by molar-refractivity contribution is -0.135. The summed E-state index contributed by atoms with van der Waals surface area (Å²) in [7, 11) is 0. The van der Waals surface area contributed by atoms with Crippen LogP contribution in [0.5, 0.6) is 5.75 Å². The molecule has 0 aromatic heterocycles. The van der Waals surface area contributed by atoms with Crippen LogP contribution in [0, 0.1) is 0 Å². The predicted molar refractivity (Wildman–Crippen MR) is 67.2 cm³/mol. The van der Waals surface area contributed by atoms with E-state index in [1.54, 1.807) is 0 Å². The van der Waals surface area contributed by atoms with Crippen LogP contribution in [0.3, 0.4) is 0 Å². The van der Waals surface area contributed by atoms with Crippen LogP contribution in [0.2, 0.25) is 0 Å². The van der Waals surface area contributed by atoms with Gasteiger partial charge in [0.25, 0.3) is 0 Å². The Balaban J connectivity index is 2.04. The van der Waals surface area contributed by atoms with E-state index in [2.05, 4.69) is 15.9 Å². The number of halogens is 4. The fraction of sp³-hybridized carbons (Fsp3) is 0.538. The molecule has 0 amide bonds. The van der Waals surface area contributed by atoms with E-state index in [1.165, 1.54) is 0 Å². The summed E-state index contributed by atoms with van der Waals surface area (Å²) in [5, 5.41) is 0. The van der Waals surface area contributed by atoms with Gasteiger partial charge in [-0.2, -0.15) is 13.2 Å². The van der Waals surface area contributed by atoms with Gasteiger partial charge in [0.2, 0.25) is 0 Å². The fourth-order valence-electron chi connectivity index (χ4n) is 2.03. The lowest BCUT2D eigenvalue weighted by Gasteiger charge is -2.19. The number of fused-ring (bicyclic) bond motifs is 1. The maximum atomic E-state index is 12.2. The van der Waals surface area contributed by atoms with Crippen LogP contribution in [0.4, 0.5) is 13.2 Å². The quantitative estimate of drug-likeness (QED) is 0.727. The van der Waals surface area contributed by atoms with Gasteiger partial charge in [0.1, 0.15) is 5.75 Å². The van der Waals surface area contributed by atoms with E-state index in [0.29, 0.717) is 0 Å². The highest BCUT2D eigenvalue weighted by molar-refractivity contribution is 9.09. The van der Waals surface area contributed by atoms with E-state index >= 15 is 0 Å². The molecular weight excluding hydrogens is 309 g/mol. The molecule has 2 rings (SSSR count). The molecule has 1 heterocycles. The summed E-state index contributed by atoms with van der Waals surface area (Å²) in [6, 6.07) is 5.63. The van der Waals surface area contributed by atoms with Crippen molar-refractivity contribution in [1.29, 1.82) is 0 Å². The molecule has 0 saturated carbocycles. The van der Waals surface area contributed by atoms with Crippen molar-refractivity contribution < 1.29 is 17.9 Å². The number of hydrogen-bond donors (Lipinski definition) is 0. The third-order valence-electron chi connectivity index (χ3n) is 2.98. The number of benzene rings is 1. The minimum absolute atomic E-state index is 0.0587. The topological polar surface area (TPSA) is 9.23 Å². The first-order chi connectivity index (χ1) is 8.46. The Labute approximate surface area is 112 Å². The first-order valence-corrected chi connectivity index (χ1v) is 6.84. The van der Waals surface area contributed by atoms with Crippen LogP contribution in [-0.2, 0) is 6.42 Å². The van der Waals surface area contributed by atoms with Crippen LogP contribution >= 0.6 is 15.9 Å². The van der Waals surface area contributed by atoms with Gasteiger partial charge >= 0.3 is 6.18 Å². The Morgan fingerprint density at radius 1 is 1.33 bits per heavy atom. The molecular formula is C13H14BrF3O. The van der Waals surface area contributed by atoms with Gasteiger partial charge in [0.15, 0.2) is 0 Å². The van der Waals surface area contributed by atoms with Crippen LogP contribution < -0.4 is 4.74 Å². The number of alkyl halides is 4. The number of aryl methyl sites for hydroxylation is 1. The van der Waals surface area contributed by atoms with E-state index in [4.69, 9.17) is 4.74 Å². The molecule has 0 radical (unpaired) electrons. The lowest BCUT2D eigenvalue weighted by Crippen LogP contribution is -2.10. The molecule has 1 aromatic rings. The molecule has 0 bridgehead atoms. The third-order valence-corrected chi connectivity index (χ3v) is 3.96. The van der Waals surface area contributed by atoms with E-state index in [0.717, 1.165) is 36.3 Å². The molecule has 0 saturated heterocycles. The molecule has 1 aromatic carbocycles. The zero-order valence-electron chi connectivity index (χ0n) is 9.77. The fourth-order valence-corrected chi connectivity index (χ4v) is 2.55. The van der Waals surface area contributed by atoms with Gasteiger partial charge in [0, 0.05) is 11.2 Å². The smallest absolute Gasteiger partial charge is 0.389 e. The number of ether oxygens (including phenoxy) is 1. The van der Waals surface area contributed by atoms with Gasteiger partial charge in [-0.3, -0.25) is 0 Å². The van der Waals surface area contributed by atoms with Gasteiger partial charge < -0.3 is 4.74 Å². The Bertz CT molecular complexity index is 417. The Kier molecular flexibility index (Phi) is 4.20. The molecule has 1 aliphatic heterocycles. The molecule has 1 atom stereocenters. The van der Waals surface area contributed by atoms with Crippen LogP contribution in [0.15, 0.2) is 18.2 Å².